The number of aryl methyl sites for hydroxylation is 1. The number of nitrogens with one attached hydrogen (secondary N) is 3. The summed E-state index contributed by atoms with van der Waals surface area (Å²) in [5, 5.41) is 7.16. The van der Waals surface area contributed by atoms with Crippen LogP contribution in [0.5, 0.6) is 0 Å². The summed E-state index contributed by atoms with van der Waals surface area (Å²) < 4.78 is 34.3. The van der Waals surface area contributed by atoms with E-state index in [-0.39, 0.29) is 18.7 Å². The van der Waals surface area contributed by atoms with Gasteiger partial charge in [0.25, 0.3) is 0 Å². The van der Waals surface area contributed by atoms with Gasteiger partial charge in [-0.15, -0.1) is 0 Å². The summed E-state index contributed by atoms with van der Waals surface area (Å²) >= 11 is 6.31. The Morgan fingerprint density at radius 1 is 1.00 bits per heavy atom. The van der Waals surface area contributed by atoms with Crippen molar-refractivity contribution in [2.75, 3.05) is 44.6 Å². The number of carbonyl (C=O) groups excluding carboxylic acids is 1. The van der Waals surface area contributed by atoms with Gasteiger partial charge in [0.1, 0.15) is 11.5 Å². The third-order valence-electron chi connectivity index (χ3n) is 9.65. The van der Waals surface area contributed by atoms with Crippen LogP contribution in [-0.4, -0.2) is 87.4 Å². The van der Waals surface area contributed by atoms with Gasteiger partial charge in [-0.1, -0.05) is 23.7 Å². The van der Waals surface area contributed by atoms with Gasteiger partial charge in [0.2, 0.25) is 5.91 Å². The highest BCUT2D eigenvalue weighted by molar-refractivity contribution is 6.58. The fourth-order valence-electron chi connectivity index (χ4n) is 7.21. The second-order valence-corrected chi connectivity index (χ2v) is 13.2. The van der Waals surface area contributed by atoms with Crippen LogP contribution in [0.2, 0.25) is 5.02 Å². The number of H-pyrrole nitrogens is 1. The van der Waals surface area contributed by atoms with Crippen LogP contribution < -0.4 is 10.6 Å². The van der Waals surface area contributed by atoms with Crippen LogP contribution >= 0.6 is 11.6 Å². The van der Waals surface area contributed by atoms with Crippen LogP contribution in [0.15, 0.2) is 95.8 Å². The first-order valence-corrected chi connectivity index (χ1v) is 17.1. The van der Waals surface area contributed by atoms with Gasteiger partial charge in [-0.3, -0.25) is 9.69 Å². The molecule has 0 unspecified atom stereocenters. The van der Waals surface area contributed by atoms with Crippen LogP contribution in [0, 0.1) is 0 Å². The molecule has 13 heteroatoms. The van der Waals surface area contributed by atoms with Crippen molar-refractivity contribution in [1.82, 2.24) is 24.6 Å². The van der Waals surface area contributed by atoms with Crippen LogP contribution in [-0.2, 0) is 11.2 Å². The second kappa shape index (κ2) is 12.8. The van der Waals surface area contributed by atoms with E-state index in [1.165, 1.54) is 0 Å². The van der Waals surface area contributed by atoms with Crippen molar-refractivity contribution >= 4 is 59.2 Å². The largest absolute Gasteiger partial charge is 0.737 e. The first kappa shape index (κ1) is 31.3. The number of hydrogen-bond acceptors (Lipinski definition) is 5. The molecular weight excluding hydrogens is 645 g/mol. The number of nitrogens with zero attached hydrogens (tertiary/aromatic N) is 5. The van der Waals surface area contributed by atoms with E-state index in [4.69, 9.17) is 16.6 Å². The first-order valence-electron chi connectivity index (χ1n) is 16.8. The third kappa shape index (κ3) is 5.99. The molecule has 9 nitrogen and oxygen atoms in total. The maximum absolute atomic E-state index is 16.0. The molecule has 4 aliphatic rings. The number of para-hydroxylation sites is 1. The number of fused-ring (bicyclic) bond motifs is 4. The number of aliphatic imine (C=N–C) groups is 1. The van der Waals surface area contributed by atoms with Gasteiger partial charge < -0.3 is 38.1 Å². The van der Waals surface area contributed by atoms with E-state index in [2.05, 4.69) is 37.6 Å². The lowest BCUT2D eigenvalue weighted by Gasteiger charge is -2.36. The Morgan fingerprint density at radius 3 is 2.69 bits per heavy atom. The Morgan fingerprint density at radius 2 is 1.86 bits per heavy atom. The van der Waals surface area contributed by atoms with E-state index < -0.39 is 6.97 Å². The second-order valence-electron chi connectivity index (χ2n) is 12.7. The SMILES string of the molecule is O=C(CCc1ccc2n1[B-](F)(F)[N+]1=C(c3ccc[nH]3)C=CC1=C2)NCCCN1CCN(C2=Nc3cc(Cl)ccc3Nc3ccccc32)CC1. The molecular formula is C36H36BClF2N8O. The minimum atomic E-state index is -4.13. The smallest absolute Gasteiger partial charge is 0.394 e. The van der Waals surface area contributed by atoms with Crippen molar-refractivity contribution in [3.63, 3.8) is 0 Å². The van der Waals surface area contributed by atoms with Crippen molar-refractivity contribution in [1.29, 1.82) is 0 Å². The number of carbonyl (C=O) groups is 1. The topological polar surface area (TPSA) is 83.7 Å². The highest BCUT2D eigenvalue weighted by atomic mass is 35.5. The number of allylic oxidation sites excluding steroid dienone is 2. The molecule has 0 aliphatic carbocycles. The Bertz CT molecular complexity index is 2040. The molecule has 0 saturated carbocycles. The number of anilines is 2. The summed E-state index contributed by atoms with van der Waals surface area (Å²) in [6.07, 6.45) is 8.10. The lowest BCUT2D eigenvalue weighted by Crippen LogP contribution is -2.51. The van der Waals surface area contributed by atoms with E-state index in [0.29, 0.717) is 40.1 Å². The quantitative estimate of drug-likeness (QED) is 0.157. The van der Waals surface area contributed by atoms with Crippen molar-refractivity contribution < 1.29 is 17.9 Å². The molecule has 4 aromatic rings. The molecule has 49 heavy (non-hydrogen) atoms. The number of amidine groups is 1. The number of benzene rings is 2. The van der Waals surface area contributed by atoms with Gasteiger partial charge in [-0.2, -0.15) is 0 Å². The van der Waals surface area contributed by atoms with Crippen molar-refractivity contribution in [3.05, 3.63) is 118 Å². The number of rotatable bonds is 8. The van der Waals surface area contributed by atoms with Gasteiger partial charge in [-0.05, 0) is 79.7 Å². The van der Waals surface area contributed by atoms with Crippen LogP contribution in [0.1, 0.15) is 35.5 Å². The molecule has 8 rings (SSSR count). The molecule has 2 aromatic heterocycles. The third-order valence-corrected chi connectivity index (χ3v) is 9.89. The van der Waals surface area contributed by atoms with E-state index in [1.54, 1.807) is 48.7 Å². The van der Waals surface area contributed by atoms with Crippen molar-refractivity contribution in [3.8, 4) is 0 Å². The average Bonchev–Trinajstić information content (AvgIpc) is 3.86. The molecule has 1 fully saturated rings. The number of piperazine rings is 1. The molecule has 6 heterocycles. The van der Waals surface area contributed by atoms with Crippen LogP contribution in [0.3, 0.4) is 0 Å². The summed E-state index contributed by atoms with van der Waals surface area (Å²) in [5.74, 6) is 0.802. The van der Waals surface area contributed by atoms with E-state index >= 15 is 8.63 Å². The molecule has 1 amide bonds. The molecule has 250 valence electrons. The summed E-state index contributed by atoms with van der Waals surface area (Å²) in [5.41, 5.74) is 6.25. The number of aromatic nitrogens is 2. The molecule has 0 atom stereocenters. The minimum absolute atomic E-state index is 0.135. The fourth-order valence-corrected chi connectivity index (χ4v) is 7.37. The summed E-state index contributed by atoms with van der Waals surface area (Å²) in [4.78, 5) is 25.6. The predicted molar refractivity (Wildman–Crippen MR) is 191 cm³/mol. The number of hydrogen-bond donors (Lipinski definition) is 3. The van der Waals surface area contributed by atoms with E-state index in [1.807, 2.05) is 30.3 Å². The number of aromatic amines is 1. The average molecular weight is 681 g/mol. The monoisotopic (exact) mass is 680 g/mol. The highest BCUT2D eigenvalue weighted by Gasteiger charge is 2.52. The van der Waals surface area contributed by atoms with Crippen molar-refractivity contribution in [2.24, 2.45) is 4.99 Å². The van der Waals surface area contributed by atoms with E-state index in [9.17, 15) is 4.79 Å². The molecule has 3 N–H and O–H groups in total. The van der Waals surface area contributed by atoms with E-state index in [0.717, 1.165) is 76.6 Å². The molecule has 4 aliphatic heterocycles. The van der Waals surface area contributed by atoms with Gasteiger partial charge >= 0.3 is 6.97 Å². The maximum Gasteiger partial charge on any atom is 0.737 e. The van der Waals surface area contributed by atoms with Gasteiger partial charge in [0, 0.05) is 85.5 Å². The molecule has 0 bridgehead atoms. The zero-order valence-electron chi connectivity index (χ0n) is 26.9. The Hall–Kier alpha value is -4.94. The Kier molecular flexibility index (Phi) is 8.21. The van der Waals surface area contributed by atoms with Gasteiger partial charge in [0.05, 0.1) is 11.4 Å². The lowest BCUT2D eigenvalue weighted by atomic mass is 9.90. The first-order chi connectivity index (χ1) is 23.8. The summed E-state index contributed by atoms with van der Waals surface area (Å²) in [6, 6.07) is 20.9. The highest BCUT2D eigenvalue weighted by Crippen LogP contribution is 2.37. The maximum atomic E-state index is 16.0. The lowest BCUT2D eigenvalue weighted by molar-refractivity contribution is -0.360. The van der Waals surface area contributed by atoms with Gasteiger partial charge in [0.15, 0.2) is 11.4 Å². The Balaban J connectivity index is 0.830. The zero-order valence-corrected chi connectivity index (χ0v) is 27.6. The van der Waals surface area contributed by atoms with Crippen molar-refractivity contribution in [2.45, 2.75) is 19.3 Å². The fraction of sp³-hybridized carbons (Fsp3) is 0.250. The number of amides is 1. The molecule has 2 aromatic carbocycles. The predicted octanol–water partition coefficient (Wildman–Crippen LogP) is 6.01. The number of halogens is 3. The summed E-state index contributed by atoms with van der Waals surface area (Å²) in [6.45, 7) is 0.688. The molecule has 1 saturated heterocycles. The molecule has 0 spiro atoms. The Labute approximate surface area is 288 Å². The normalized spacial score (nSPS) is 17.7. The standard InChI is InChI=1S/C36H36BClF2N8O/c38-25-8-13-31-33(23-25)44-36(29-5-1-2-6-30(29)43-31)46-21-19-45(20-22-46)18-4-17-42-35(49)15-12-26-9-10-27-24-28-11-14-34(32-7-3-16-41-32)48(28)37(39,40)47(26)27/h1-3,5-11,13-14,16,23-24,41,43H,4,12,15,17-22H2,(H,42,49). The van der Waals surface area contributed by atoms with Crippen LogP contribution in [0.25, 0.3) is 6.08 Å². The van der Waals surface area contributed by atoms with Gasteiger partial charge in [-0.25, -0.2) is 4.99 Å². The summed E-state index contributed by atoms with van der Waals surface area (Å²) in [7, 11) is 0. The zero-order chi connectivity index (χ0) is 33.5. The van der Waals surface area contributed by atoms with Crippen LogP contribution in [0.4, 0.5) is 25.7 Å². The minimum Gasteiger partial charge on any atom is -0.394 e. The molecule has 0 radical (unpaired) electrons.